The van der Waals surface area contributed by atoms with Crippen LogP contribution in [0.5, 0.6) is 0 Å². The van der Waals surface area contributed by atoms with Gasteiger partial charge in [-0.2, -0.15) is 5.10 Å². The van der Waals surface area contributed by atoms with Gasteiger partial charge in [0.25, 0.3) is 5.91 Å². The van der Waals surface area contributed by atoms with Gasteiger partial charge in [-0.3, -0.25) is 4.79 Å². The highest BCUT2D eigenvalue weighted by molar-refractivity contribution is 5.93. The number of fused-ring (bicyclic) bond motifs is 1. The molecule has 0 saturated heterocycles. The van der Waals surface area contributed by atoms with Crippen LogP contribution >= 0.6 is 0 Å². The van der Waals surface area contributed by atoms with Crippen molar-refractivity contribution < 1.29 is 18.0 Å². The molecule has 2 aromatic heterocycles. The lowest BCUT2D eigenvalue weighted by Gasteiger charge is -2.24. The minimum Gasteiger partial charge on any atom is -0.456 e. The van der Waals surface area contributed by atoms with Crippen molar-refractivity contribution >= 4 is 5.91 Å². The molecule has 0 fully saturated rings. The molecule has 0 bridgehead atoms. The summed E-state index contributed by atoms with van der Waals surface area (Å²) in [7, 11) is 0. The summed E-state index contributed by atoms with van der Waals surface area (Å²) >= 11 is 0. The minimum absolute atomic E-state index is 0.196. The van der Waals surface area contributed by atoms with Crippen molar-refractivity contribution in [1.29, 1.82) is 0 Å². The van der Waals surface area contributed by atoms with E-state index in [1.807, 2.05) is 13.0 Å². The third-order valence-electron chi connectivity index (χ3n) is 4.87. The van der Waals surface area contributed by atoms with E-state index in [4.69, 9.17) is 4.42 Å². The Morgan fingerprint density at radius 3 is 2.81 bits per heavy atom. The fourth-order valence-electron chi connectivity index (χ4n) is 3.66. The fraction of sp³-hybridized carbons (Fsp3) is 0.300. The van der Waals surface area contributed by atoms with E-state index in [1.54, 1.807) is 13.1 Å². The first-order chi connectivity index (χ1) is 12.9. The van der Waals surface area contributed by atoms with Crippen molar-refractivity contribution in [3.05, 3.63) is 70.4 Å². The Hall–Kier alpha value is -2.96. The SMILES string of the molecule is Cc1cc(C)c(C(=O)N[C@H]2CCCc3c2cnn3-c2ccc(F)cc2F)o1. The molecule has 7 heteroatoms. The van der Waals surface area contributed by atoms with E-state index >= 15 is 0 Å². The molecule has 1 aliphatic rings. The lowest BCUT2D eigenvalue weighted by Crippen LogP contribution is -2.31. The standard InChI is InChI=1S/C20H19F2N3O2/c1-11-8-12(2)27-19(11)20(26)24-16-4-3-5-17-14(16)10-23-25(17)18-7-6-13(21)9-15(18)22/h6-10,16H,3-5H2,1-2H3,(H,24,26)/t16-/m0/s1. The maximum atomic E-state index is 14.2. The summed E-state index contributed by atoms with van der Waals surface area (Å²) in [5.41, 5.74) is 2.65. The van der Waals surface area contributed by atoms with Crippen molar-refractivity contribution in [2.75, 3.05) is 0 Å². The predicted molar refractivity (Wildman–Crippen MR) is 94.8 cm³/mol. The van der Waals surface area contributed by atoms with Gasteiger partial charge in [0.2, 0.25) is 0 Å². The molecule has 5 nitrogen and oxygen atoms in total. The van der Waals surface area contributed by atoms with Gasteiger partial charge in [0.1, 0.15) is 17.3 Å². The van der Waals surface area contributed by atoms with Crippen molar-refractivity contribution in [3.63, 3.8) is 0 Å². The van der Waals surface area contributed by atoms with Gasteiger partial charge in [0.05, 0.1) is 12.2 Å². The van der Waals surface area contributed by atoms with Crippen LogP contribution in [0.1, 0.15) is 52.0 Å². The molecule has 0 spiro atoms. The first-order valence-corrected chi connectivity index (χ1v) is 8.84. The summed E-state index contributed by atoms with van der Waals surface area (Å²) in [6, 6.07) is 5.00. The molecule has 140 valence electrons. The zero-order valence-corrected chi connectivity index (χ0v) is 15.1. The monoisotopic (exact) mass is 371 g/mol. The van der Waals surface area contributed by atoms with Crippen LogP contribution in [0, 0.1) is 25.5 Å². The van der Waals surface area contributed by atoms with Crippen LogP contribution in [0.2, 0.25) is 0 Å². The van der Waals surface area contributed by atoms with E-state index < -0.39 is 11.6 Å². The normalized spacial score (nSPS) is 16.2. The maximum Gasteiger partial charge on any atom is 0.287 e. The number of carbonyl (C=O) groups is 1. The number of rotatable bonds is 3. The van der Waals surface area contributed by atoms with Crippen LogP contribution in [0.15, 0.2) is 34.9 Å². The van der Waals surface area contributed by atoms with Crippen LogP contribution in [0.3, 0.4) is 0 Å². The molecule has 3 aromatic rings. The average Bonchev–Trinajstić information content (AvgIpc) is 3.18. The van der Waals surface area contributed by atoms with Gasteiger partial charge in [0, 0.05) is 22.9 Å². The fourth-order valence-corrected chi connectivity index (χ4v) is 3.66. The van der Waals surface area contributed by atoms with Crippen molar-refractivity contribution in [1.82, 2.24) is 15.1 Å². The second kappa shape index (κ2) is 6.64. The Bertz CT molecular complexity index is 1020. The molecule has 2 heterocycles. The number of nitrogens with one attached hydrogen (secondary N) is 1. The first-order valence-electron chi connectivity index (χ1n) is 8.84. The number of carbonyl (C=O) groups excluding carboxylic acids is 1. The van der Waals surface area contributed by atoms with Crippen molar-refractivity contribution in [2.24, 2.45) is 0 Å². The summed E-state index contributed by atoms with van der Waals surface area (Å²) in [5, 5.41) is 7.28. The Labute approximate surface area is 155 Å². The average molecular weight is 371 g/mol. The summed E-state index contributed by atoms with van der Waals surface area (Å²) in [4.78, 5) is 12.6. The molecular weight excluding hydrogens is 352 g/mol. The van der Waals surface area contributed by atoms with E-state index in [2.05, 4.69) is 10.4 Å². The second-order valence-electron chi connectivity index (χ2n) is 6.84. The highest BCUT2D eigenvalue weighted by Crippen LogP contribution is 2.32. The number of benzene rings is 1. The number of amides is 1. The van der Waals surface area contributed by atoms with E-state index in [9.17, 15) is 13.6 Å². The lowest BCUT2D eigenvalue weighted by molar-refractivity contribution is 0.0902. The van der Waals surface area contributed by atoms with E-state index in [0.29, 0.717) is 17.9 Å². The molecule has 1 aliphatic carbocycles. The zero-order valence-electron chi connectivity index (χ0n) is 15.1. The molecular formula is C20H19F2N3O2. The smallest absolute Gasteiger partial charge is 0.287 e. The number of nitrogens with zero attached hydrogens (tertiary/aromatic N) is 2. The van der Waals surface area contributed by atoms with Gasteiger partial charge >= 0.3 is 0 Å². The number of furan rings is 1. The van der Waals surface area contributed by atoms with Gasteiger partial charge in [-0.15, -0.1) is 0 Å². The van der Waals surface area contributed by atoms with Crippen LogP contribution in [0.25, 0.3) is 5.69 Å². The maximum absolute atomic E-state index is 14.2. The second-order valence-corrected chi connectivity index (χ2v) is 6.84. The molecule has 1 amide bonds. The Balaban J connectivity index is 1.64. The molecule has 0 radical (unpaired) electrons. The van der Waals surface area contributed by atoms with Crippen LogP contribution < -0.4 is 5.32 Å². The largest absolute Gasteiger partial charge is 0.456 e. The molecule has 0 aliphatic heterocycles. The number of aromatic nitrogens is 2. The van der Waals surface area contributed by atoms with Crippen LogP contribution in [0.4, 0.5) is 8.78 Å². The van der Waals surface area contributed by atoms with Crippen LogP contribution in [-0.4, -0.2) is 15.7 Å². The van der Waals surface area contributed by atoms with Gasteiger partial charge in [0.15, 0.2) is 11.6 Å². The predicted octanol–water partition coefficient (Wildman–Crippen LogP) is 4.17. The quantitative estimate of drug-likeness (QED) is 0.752. The van der Waals surface area contributed by atoms with E-state index in [0.717, 1.165) is 35.7 Å². The molecule has 0 unspecified atom stereocenters. The highest BCUT2D eigenvalue weighted by Gasteiger charge is 2.28. The lowest BCUT2D eigenvalue weighted by atomic mass is 9.92. The molecule has 1 atom stereocenters. The minimum atomic E-state index is -0.672. The van der Waals surface area contributed by atoms with Gasteiger partial charge in [-0.05, 0) is 51.3 Å². The van der Waals surface area contributed by atoms with Gasteiger partial charge in [-0.25, -0.2) is 13.5 Å². The highest BCUT2D eigenvalue weighted by atomic mass is 19.1. The molecule has 4 rings (SSSR count). The summed E-state index contributed by atoms with van der Waals surface area (Å²) in [6.07, 6.45) is 3.93. The Kier molecular flexibility index (Phi) is 4.30. The number of halogens is 2. The van der Waals surface area contributed by atoms with E-state index in [1.165, 1.54) is 16.8 Å². The summed E-state index contributed by atoms with van der Waals surface area (Å²) in [6.45, 7) is 3.62. The van der Waals surface area contributed by atoms with Crippen molar-refractivity contribution in [3.8, 4) is 5.69 Å². The van der Waals surface area contributed by atoms with E-state index in [-0.39, 0.29) is 17.6 Å². The van der Waals surface area contributed by atoms with Gasteiger partial charge in [-0.1, -0.05) is 0 Å². The number of aryl methyl sites for hydroxylation is 2. The zero-order chi connectivity index (χ0) is 19.1. The summed E-state index contributed by atoms with van der Waals surface area (Å²) < 4.78 is 34.4. The first kappa shape index (κ1) is 17.5. The molecule has 27 heavy (non-hydrogen) atoms. The Morgan fingerprint density at radius 1 is 1.30 bits per heavy atom. The van der Waals surface area contributed by atoms with Crippen LogP contribution in [-0.2, 0) is 6.42 Å². The molecule has 1 aromatic carbocycles. The van der Waals surface area contributed by atoms with Gasteiger partial charge < -0.3 is 9.73 Å². The Morgan fingerprint density at radius 2 is 2.11 bits per heavy atom. The summed E-state index contributed by atoms with van der Waals surface area (Å²) in [5.74, 6) is -0.599. The number of hydrogen-bond acceptors (Lipinski definition) is 3. The third-order valence-corrected chi connectivity index (χ3v) is 4.87. The number of hydrogen-bond donors (Lipinski definition) is 1. The third kappa shape index (κ3) is 3.13. The molecule has 1 N–H and O–H groups in total. The van der Waals surface area contributed by atoms with Crippen molar-refractivity contribution in [2.45, 2.75) is 39.2 Å². The topological polar surface area (TPSA) is 60.1 Å². The molecule has 0 saturated carbocycles.